The molecule has 0 aliphatic heterocycles. The third-order valence-corrected chi connectivity index (χ3v) is 5.87. The summed E-state index contributed by atoms with van der Waals surface area (Å²) in [4.78, 5) is 35.8. The minimum Gasteiger partial charge on any atom is -0.324 e. The number of anilines is 1. The van der Waals surface area contributed by atoms with Crippen LogP contribution in [0.25, 0.3) is 11.3 Å². The largest absolute Gasteiger partial charge is 0.324 e. The highest BCUT2D eigenvalue weighted by molar-refractivity contribution is 7.90. The Bertz CT molecular complexity index is 1320. The molecule has 1 heterocycles. The van der Waals surface area contributed by atoms with Gasteiger partial charge in [-0.1, -0.05) is 0 Å². The van der Waals surface area contributed by atoms with Gasteiger partial charge in [-0.05, 0) is 61.5 Å². The van der Waals surface area contributed by atoms with Gasteiger partial charge in [0.25, 0.3) is 15.6 Å². The van der Waals surface area contributed by atoms with Crippen LogP contribution in [0.4, 0.5) is 10.1 Å². The van der Waals surface area contributed by atoms with Crippen molar-refractivity contribution in [2.45, 2.75) is 24.8 Å². The molecular formula is C21H19FN4O5S. The van der Waals surface area contributed by atoms with Gasteiger partial charge < -0.3 is 5.32 Å². The molecule has 11 heteroatoms. The Kier molecular flexibility index (Phi) is 6.49. The van der Waals surface area contributed by atoms with Crippen LogP contribution in [0.15, 0.2) is 70.4 Å². The van der Waals surface area contributed by atoms with Crippen molar-refractivity contribution in [2.75, 3.05) is 5.32 Å². The zero-order chi connectivity index (χ0) is 23.5. The molecular weight excluding hydrogens is 439 g/mol. The highest BCUT2D eigenvalue weighted by Crippen LogP contribution is 2.18. The minimum absolute atomic E-state index is 0.149. The summed E-state index contributed by atoms with van der Waals surface area (Å²) in [6.07, 6.45) is 0. The molecule has 9 nitrogen and oxygen atoms in total. The molecule has 3 rings (SSSR count). The van der Waals surface area contributed by atoms with Crippen LogP contribution in [0.5, 0.6) is 0 Å². The predicted molar refractivity (Wildman–Crippen MR) is 115 cm³/mol. The summed E-state index contributed by atoms with van der Waals surface area (Å²) >= 11 is 0. The standard InChI is InChI=1S/C21H19FN4O5S/c1-13(26-20(28)12-11-19(24-26)15-3-5-16(22)6-4-15)21(29)23-17-7-9-18(10-8-17)32(30,31)25-14(2)27/h3-13H,1-2H3,(H,23,29)(H,25,27). The molecule has 0 fully saturated rings. The molecule has 0 aliphatic rings. The lowest BCUT2D eigenvalue weighted by atomic mass is 10.1. The van der Waals surface area contributed by atoms with Gasteiger partial charge in [0.2, 0.25) is 11.8 Å². The van der Waals surface area contributed by atoms with E-state index >= 15 is 0 Å². The van der Waals surface area contributed by atoms with Crippen molar-refractivity contribution in [3.8, 4) is 11.3 Å². The van der Waals surface area contributed by atoms with Gasteiger partial charge in [-0.15, -0.1) is 0 Å². The maximum atomic E-state index is 13.2. The van der Waals surface area contributed by atoms with Crippen molar-refractivity contribution in [3.63, 3.8) is 0 Å². The number of benzene rings is 2. The quantitative estimate of drug-likeness (QED) is 0.582. The van der Waals surface area contributed by atoms with Crippen molar-refractivity contribution in [1.82, 2.24) is 14.5 Å². The fourth-order valence-corrected chi connectivity index (χ4v) is 3.79. The molecule has 166 valence electrons. The molecule has 0 radical (unpaired) electrons. The first-order chi connectivity index (χ1) is 15.1. The normalized spacial score (nSPS) is 12.1. The Labute approximate surface area is 182 Å². The van der Waals surface area contributed by atoms with Crippen molar-refractivity contribution in [2.24, 2.45) is 0 Å². The third kappa shape index (κ3) is 5.24. The molecule has 2 N–H and O–H groups in total. The van der Waals surface area contributed by atoms with Gasteiger partial charge in [0, 0.05) is 24.2 Å². The van der Waals surface area contributed by atoms with Crippen LogP contribution in [0.3, 0.4) is 0 Å². The summed E-state index contributed by atoms with van der Waals surface area (Å²) in [7, 11) is -3.99. The molecule has 2 aromatic carbocycles. The summed E-state index contributed by atoms with van der Waals surface area (Å²) in [5.74, 6) is -1.70. The smallest absolute Gasteiger partial charge is 0.267 e. The van der Waals surface area contributed by atoms with Gasteiger partial charge in [-0.3, -0.25) is 14.4 Å². The number of sulfonamides is 1. The van der Waals surface area contributed by atoms with Gasteiger partial charge >= 0.3 is 0 Å². The van der Waals surface area contributed by atoms with Crippen LogP contribution in [0, 0.1) is 5.82 Å². The van der Waals surface area contributed by atoms with Crippen molar-refractivity contribution < 1.29 is 22.4 Å². The van der Waals surface area contributed by atoms with Crippen LogP contribution < -0.4 is 15.6 Å². The summed E-state index contributed by atoms with van der Waals surface area (Å²) in [6, 6.07) is 12.4. The molecule has 0 aliphatic carbocycles. The van der Waals surface area contributed by atoms with E-state index in [1.165, 1.54) is 67.6 Å². The van der Waals surface area contributed by atoms with Gasteiger partial charge in [-0.2, -0.15) is 5.10 Å². The van der Waals surface area contributed by atoms with Crippen LogP contribution >= 0.6 is 0 Å². The van der Waals surface area contributed by atoms with Crippen LogP contribution in [0.2, 0.25) is 0 Å². The number of amides is 2. The number of carbonyl (C=O) groups excluding carboxylic acids is 2. The summed E-state index contributed by atoms with van der Waals surface area (Å²) in [5, 5.41) is 6.79. The Morgan fingerprint density at radius 2 is 1.62 bits per heavy atom. The van der Waals surface area contributed by atoms with E-state index in [2.05, 4.69) is 10.4 Å². The highest BCUT2D eigenvalue weighted by Gasteiger charge is 2.19. The molecule has 0 spiro atoms. The lowest BCUT2D eigenvalue weighted by Crippen LogP contribution is -2.33. The average molecular weight is 458 g/mol. The molecule has 32 heavy (non-hydrogen) atoms. The van der Waals surface area contributed by atoms with E-state index in [4.69, 9.17) is 0 Å². The summed E-state index contributed by atoms with van der Waals surface area (Å²) < 4.78 is 40.0. The lowest BCUT2D eigenvalue weighted by molar-refractivity contribution is -0.119. The SMILES string of the molecule is CC(=O)NS(=O)(=O)c1ccc(NC(=O)C(C)n2nc(-c3ccc(F)cc3)ccc2=O)cc1. The predicted octanol–water partition coefficient (Wildman–Crippen LogP) is 2.07. The van der Waals surface area contributed by atoms with E-state index in [-0.39, 0.29) is 10.6 Å². The highest BCUT2D eigenvalue weighted by atomic mass is 32.2. The summed E-state index contributed by atoms with van der Waals surface area (Å²) in [6.45, 7) is 2.56. The van der Waals surface area contributed by atoms with Gasteiger partial charge in [0.05, 0.1) is 10.6 Å². The van der Waals surface area contributed by atoms with E-state index in [1.54, 1.807) is 0 Å². The number of nitrogens with zero attached hydrogens (tertiary/aromatic N) is 2. The maximum Gasteiger partial charge on any atom is 0.267 e. The van der Waals surface area contributed by atoms with E-state index in [9.17, 15) is 27.2 Å². The molecule has 1 atom stereocenters. The van der Waals surface area contributed by atoms with Crippen molar-refractivity contribution >= 4 is 27.5 Å². The second-order valence-electron chi connectivity index (χ2n) is 6.86. The number of aromatic nitrogens is 2. The number of nitrogens with one attached hydrogen (secondary N) is 2. The van der Waals surface area contributed by atoms with E-state index in [0.29, 0.717) is 11.3 Å². The molecule has 0 bridgehead atoms. The first-order valence-corrected chi connectivity index (χ1v) is 10.9. The third-order valence-electron chi connectivity index (χ3n) is 4.42. The van der Waals surface area contributed by atoms with Crippen molar-refractivity contribution in [3.05, 3.63) is 76.8 Å². The first kappa shape index (κ1) is 22.8. The maximum absolute atomic E-state index is 13.2. The minimum atomic E-state index is -3.99. The van der Waals surface area contributed by atoms with E-state index in [0.717, 1.165) is 11.6 Å². The monoisotopic (exact) mass is 458 g/mol. The fraction of sp³-hybridized carbons (Fsp3) is 0.143. The second kappa shape index (κ2) is 9.10. The lowest BCUT2D eigenvalue weighted by Gasteiger charge is -2.15. The number of hydrogen-bond donors (Lipinski definition) is 2. The Hall–Kier alpha value is -3.86. The number of hydrogen-bond acceptors (Lipinski definition) is 6. The molecule has 3 aromatic rings. The first-order valence-electron chi connectivity index (χ1n) is 9.37. The molecule has 2 amide bonds. The summed E-state index contributed by atoms with van der Waals surface area (Å²) in [5.41, 5.74) is 0.738. The zero-order valence-electron chi connectivity index (χ0n) is 17.1. The van der Waals surface area contributed by atoms with E-state index < -0.39 is 39.3 Å². The van der Waals surface area contributed by atoms with Gasteiger partial charge in [0.15, 0.2) is 0 Å². The molecule has 1 unspecified atom stereocenters. The Morgan fingerprint density at radius 3 is 2.22 bits per heavy atom. The van der Waals surface area contributed by atoms with Gasteiger partial charge in [0.1, 0.15) is 11.9 Å². The number of halogens is 1. The fourth-order valence-electron chi connectivity index (χ4n) is 2.80. The Morgan fingerprint density at radius 1 is 1.00 bits per heavy atom. The van der Waals surface area contributed by atoms with Gasteiger partial charge in [-0.25, -0.2) is 22.2 Å². The van der Waals surface area contributed by atoms with E-state index in [1.807, 2.05) is 4.72 Å². The Balaban J connectivity index is 1.79. The van der Waals surface area contributed by atoms with Crippen LogP contribution in [-0.2, 0) is 19.6 Å². The van der Waals surface area contributed by atoms with Crippen LogP contribution in [0.1, 0.15) is 19.9 Å². The molecule has 1 aromatic heterocycles. The zero-order valence-corrected chi connectivity index (χ0v) is 17.9. The van der Waals surface area contributed by atoms with Crippen LogP contribution in [-0.4, -0.2) is 30.0 Å². The topological polar surface area (TPSA) is 127 Å². The number of rotatable bonds is 6. The molecule has 0 saturated carbocycles. The second-order valence-corrected chi connectivity index (χ2v) is 8.54. The number of carbonyl (C=O) groups is 2. The molecule has 0 saturated heterocycles. The van der Waals surface area contributed by atoms with Crippen molar-refractivity contribution in [1.29, 1.82) is 0 Å². The average Bonchev–Trinajstić information content (AvgIpc) is 2.74.